The molecule has 18 heavy (non-hydrogen) atoms. The van der Waals surface area contributed by atoms with Gasteiger partial charge in [0.15, 0.2) is 0 Å². The molecule has 2 heterocycles. The lowest BCUT2D eigenvalue weighted by Crippen LogP contribution is -2.43. The van der Waals surface area contributed by atoms with Crippen molar-refractivity contribution in [3.63, 3.8) is 0 Å². The lowest BCUT2D eigenvalue weighted by atomic mass is 10.3. The van der Waals surface area contributed by atoms with Gasteiger partial charge in [-0.15, -0.1) is 11.3 Å². The smallest absolute Gasteiger partial charge is 0.347 e. The number of rotatable bonds is 4. The maximum Gasteiger partial charge on any atom is 0.347 e. The molecule has 0 aromatic carbocycles. The largest absolute Gasteiger partial charge is 0.477 e. The average Bonchev–Trinajstić information content (AvgIpc) is 2.75. The van der Waals surface area contributed by atoms with Gasteiger partial charge in [0.2, 0.25) is 0 Å². The molecule has 1 fully saturated rings. The highest BCUT2D eigenvalue weighted by atomic mass is 32.1. The van der Waals surface area contributed by atoms with Crippen LogP contribution in [-0.4, -0.2) is 59.1 Å². The summed E-state index contributed by atoms with van der Waals surface area (Å²) in [5, 5.41) is 10.0. The Morgan fingerprint density at radius 3 is 2.56 bits per heavy atom. The van der Waals surface area contributed by atoms with Crippen molar-refractivity contribution in [1.29, 1.82) is 0 Å². The van der Waals surface area contributed by atoms with Crippen molar-refractivity contribution in [3.8, 4) is 0 Å². The lowest BCUT2D eigenvalue weighted by Gasteiger charge is -2.31. The highest BCUT2D eigenvalue weighted by molar-refractivity contribution is 7.13. The Labute approximate surface area is 111 Å². The van der Waals surface area contributed by atoms with Gasteiger partial charge in [0, 0.05) is 26.2 Å². The number of nitrogens with zero attached hydrogens (tertiary/aromatic N) is 3. The van der Waals surface area contributed by atoms with Gasteiger partial charge in [-0.1, -0.05) is 6.92 Å². The molecule has 0 amide bonds. The summed E-state index contributed by atoms with van der Waals surface area (Å²) >= 11 is 1.32. The van der Waals surface area contributed by atoms with Crippen LogP contribution in [0.25, 0.3) is 0 Å². The van der Waals surface area contributed by atoms with Crippen LogP contribution in [0.2, 0.25) is 0 Å². The number of aromatic carboxylic acids is 1. The van der Waals surface area contributed by atoms with Crippen LogP contribution in [-0.2, 0) is 13.0 Å². The van der Waals surface area contributed by atoms with Gasteiger partial charge < -0.3 is 10.0 Å². The molecule has 1 aromatic heterocycles. The molecule has 1 N–H and O–H groups in total. The van der Waals surface area contributed by atoms with Crippen molar-refractivity contribution in [2.45, 2.75) is 19.9 Å². The maximum atomic E-state index is 11.1. The van der Waals surface area contributed by atoms with Crippen LogP contribution in [0.1, 0.15) is 27.3 Å². The number of aromatic nitrogens is 1. The van der Waals surface area contributed by atoms with Gasteiger partial charge >= 0.3 is 5.97 Å². The molecule has 0 atom stereocenters. The molecule has 0 unspecified atom stereocenters. The normalized spacial score (nSPS) is 18.1. The zero-order valence-electron chi connectivity index (χ0n) is 10.8. The maximum absolute atomic E-state index is 11.1. The van der Waals surface area contributed by atoms with Gasteiger partial charge in [0.05, 0.1) is 12.2 Å². The first-order valence-corrected chi connectivity index (χ1v) is 7.04. The van der Waals surface area contributed by atoms with Gasteiger partial charge in [0.25, 0.3) is 0 Å². The number of piperazine rings is 1. The molecule has 1 aliphatic heterocycles. The van der Waals surface area contributed by atoms with Gasteiger partial charge in [0.1, 0.15) is 9.88 Å². The molecule has 1 saturated heterocycles. The second-order valence-electron chi connectivity index (χ2n) is 4.62. The zero-order chi connectivity index (χ0) is 13.1. The SMILES string of the molecule is CCc1nc(CN2CCN(C)CC2)sc1C(=O)O. The number of aryl methyl sites for hydroxylation is 1. The van der Waals surface area contributed by atoms with Crippen molar-refractivity contribution in [3.05, 3.63) is 15.6 Å². The van der Waals surface area contributed by atoms with Crippen molar-refractivity contribution in [2.75, 3.05) is 33.2 Å². The van der Waals surface area contributed by atoms with Crippen LogP contribution < -0.4 is 0 Å². The molecular formula is C12H19N3O2S. The summed E-state index contributed by atoms with van der Waals surface area (Å²) < 4.78 is 0. The highest BCUT2D eigenvalue weighted by Gasteiger charge is 2.19. The third-order valence-corrected chi connectivity index (χ3v) is 4.30. The summed E-state index contributed by atoms with van der Waals surface area (Å²) in [6, 6.07) is 0. The minimum absolute atomic E-state index is 0.404. The molecule has 0 spiro atoms. The first-order chi connectivity index (χ1) is 8.60. The fourth-order valence-electron chi connectivity index (χ4n) is 2.07. The number of carboxylic acid groups (broad SMARTS) is 1. The summed E-state index contributed by atoms with van der Waals surface area (Å²) in [6.45, 7) is 6.91. The van der Waals surface area contributed by atoms with Gasteiger partial charge in [-0.25, -0.2) is 9.78 Å². The first kappa shape index (κ1) is 13.5. The van der Waals surface area contributed by atoms with Crippen LogP contribution in [0, 0.1) is 0 Å². The molecule has 5 nitrogen and oxygen atoms in total. The Hall–Kier alpha value is -0.980. The molecule has 100 valence electrons. The van der Waals surface area contributed by atoms with E-state index in [1.807, 2.05) is 6.92 Å². The molecule has 2 rings (SSSR count). The van der Waals surface area contributed by atoms with E-state index in [1.54, 1.807) is 0 Å². The average molecular weight is 269 g/mol. The summed E-state index contributed by atoms with van der Waals surface area (Å²) in [6.07, 6.45) is 0.681. The van der Waals surface area contributed by atoms with E-state index < -0.39 is 5.97 Å². The van der Waals surface area contributed by atoms with E-state index >= 15 is 0 Å². The number of thiazole rings is 1. The number of likely N-dealkylation sites (N-methyl/N-ethyl adjacent to an activating group) is 1. The third kappa shape index (κ3) is 3.07. The standard InChI is InChI=1S/C12H19N3O2S/c1-3-9-11(12(16)17)18-10(13-9)8-15-6-4-14(2)5-7-15/h3-8H2,1-2H3,(H,16,17). The van der Waals surface area contributed by atoms with Crippen molar-refractivity contribution >= 4 is 17.3 Å². The van der Waals surface area contributed by atoms with E-state index in [0.717, 1.165) is 43.4 Å². The van der Waals surface area contributed by atoms with Crippen LogP contribution >= 0.6 is 11.3 Å². The fourth-order valence-corrected chi connectivity index (χ4v) is 3.11. The van der Waals surface area contributed by atoms with Crippen LogP contribution in [0.5, 0.6) is 0 Å². The van der Waals surface area contributed by atoms with Crippen molar-refractivity contribution in [2.24, 2.45) is 0 Å². The van der Waals surface area contributed by atoms with Gasteiger partial charge in [-0.3, -0.25) is 4.90 Å². The minimum atomic E-state index is -0.853. The molecule has 1 aromatic rings. The Morgan fingerprint density at radius 1 is 1.39 bits per heavy atom. The number of carboxylic acids is 1. The summed E-state index contributed by atoms with van der Waals surface area (Å²) in [5.41, 5.74) is 0.719. The lowest BCUT2D eigenvalue weighted by molar-refractivity contribution is 0.0701. The Morgan fingerprint density at radius 2 is 2.06 bits per heavy atom. The monoisotopic (exact) mass is 269 g/mol. The van der Waals surface area contributed by atoms with Crippen molar-refractivity contribution < 1.29 is 9.90 Å². The number of hydrogen-bond acceptors (Lipinski definition) is 5. The summed E-state index contributed by atoms with van der Waals surface area (Å²) in [7, 11) is 2.12. The molecular weight excluding hydrogens is 250 g/mol. The van der Waals surface area contributed by atoms with E-state index in [2.05, 4.69) is 21.8 Å². The molecule has 0 radical (unpaired) electrons. The van der Waals surface area contributed by atoms with Gasteiger partial charge in [-0.2, -0.15) is 0 Å². The Bertz CT molecular complexity index is 425. The first-order valence-electron chi connectivity index (χ1n) is 6.23. The quantitative estimate of drug-likeness (QED) is 0.888. The van der Waals surface area contributed by atoms with Crippen LogP contribution in [0.3, 0.4) is 0 Å². The molecule has 6 heteroatoms. The summed E-state index contributed by atoms with van der Waals surface area (Å²) in [5.74, 6) is -0.853. The van der Waals surface area contributed by atoms with Gasteiger partial charge in [-0.05, 0) is 13.5 Å². The van der Waals surface area contributed by atoms with E-state index in [-0.39, 0.29) is 0 Å². The number of hydrogen-bond donors (Lipinski definition) is 1. The van der Waals surface area contributed by atoms with Crippen molar-refractivity contribution in [1.82, 2.24) is 14.8 Å². The number of carbonyl (C=O) groups is 1. The molecule has 1 aliphatic rings. The van der Waals surface area contributed by atoms with E-state index in [9.17, 15) is 4.79 Å². The van der Waals surface area contributed by atoms with E-state index in [4.69, 9.17) is 5.11 Å². The highest BCUT2D eigenvalue weighted by Crippen LogP contribution is 2.21. The molecule has 0 bridgehead atoms. The Kier molecular flexibility index (Phi) is 4.31. The molecule has 0 aliphatic carbocycles. The predicted octanol–water partition coefficient (Wildman–Crippen LogP) is 1.15. The molecule has 0 saturated carbocycles. The topological polar surface area (TPSA) is 56.7 Å². The van der Waals surface area contributed by atoms with E-state index in [1.165, 1.54) is 11.3 Å². The summed E-state index contributed by atoms with van der Waals surface area (Å²) in [4.78, 5) is 20.6. The fraction of sp³-hybridized carbons (Fsp3) is 0.667. The van der Waals surface area contributed by atoms with E-state index in [0.29, 0.717) is 11.3 Å². The second kappa shape index (κ2) is 5.77. The Balaban J connectivity index is 2.03. The minimum Gasteiger partial charge on any atom is -0.477 e. The predicted molar refractivity (Wildman–Crippen MR) is 71.2 cm³/mol. The van der Waals surface area contributed by atoms with Crippen LogP contribution in [0.4, 0.5) is 0 Å². The second-order valence-corrected chi connectivity index (χ2v) is 5.71. The third-order valence-electron chi connectivity index (χ3n) is 3.23. The zero-order valence-corrected chi connectivity index (χ0v) is 11.7. The van der Waals surface area contributed by atoms with Crippen LogP contribution in [0.15, 0.2) is 0 Å².